The number of pyridine rings is 1. The van der Waals surface area contributed by atoms with Crippen molar-refractivity contribution in [3.8, 4) is 0 Å². The van der Waals surface area contributed by atoms with E-state index in [0.717, 1.165) is 5.56 Å². The van der Waals surface area contributed by atoms with E-state index in [1.807, 2.05) is 6.92 Å². The predicted octanol–water partition coefficient (Wildman–Crippen LogP) is 1.61. The Balaban J connectivity index is 2.92. The minimum Gasteiger partial charge on any atom is -0.288 e. The summed E-state index contributed by atoms with van der Waals surface area (Å²) >= 11 is 0. The van der Waals surface area contributed by atoms with Crippen molar-refractivity contribution < 1.29 is 12.3 Å². The number of hydrogen-bond donors (Lipinski definition) is 0. The number of nitrogens with zero attached hydrogens (tertiary/aromatic N) is 2. The molecule has 0 fully saturated rings. The molecule has 2 aromatic rings. The van der Waals surface area contributed by atoms with Gasteiger partial charge < -0.3 is 0 Å². The summed E-state index contributed by atoms with van der Waals surface area (Å²) in [5.74, 6) is 0. The Morgan fingerprint density at radius 2 is 2.07 bits per heavy atom. The summed E-state index contributed by atoms with van der Waals surface area (Å²) in [4.78, 5) is 3.98. The zero-order valence-electron chi connectivity index (χ0n) is 8.23. The zero-order chi connectivity index (χ0) is 11.2. The van der Waals surface area contributed by atoms with Gasteiger partial charge in [0.15, 0.2) is 5.03 Å². The average Bonchev–Trinajstić information content (AvgIpc) is 2.38. The fourth-order valence-corrected chi connectivity index (χ4v) is 2.32. The molecule has 0 aliphatic heterocycles. The summed E-state index contributed by atoms with van der Waals surface area (Å²) in [6, 6.07) is 3.39. The molecule has 0 aliphatic rings. The number of hydrogen-bond acceptors (Lipinski definition) is 3. The smallest absolute Gasteiger partial charge is 0.288 e. The van der Waals surface area contributed by atoms with Crippen LogP contribution in [-0.2, 0) is 10.2 Å². The number of halogens is 1. The third-order valence-electron chi connectivity index (χ3n) is 2.13. The fourth-order valence-electron chi connectivity index (χ4n) is 1.54. The maximum Gasteiger partial charge on any atom is 0.350 e. The Bertz CT molecular complexity index is 631. The molecule has 15 heavy (non-hydrogen) atoms. The molecular formula is C9H9FN2O2S. The van der Waals surface area contributed by atoms with Crippen molar-refractivity contribution in [2.45, 2.75) is 18.9 Å². The molecule has 0 aromatic carbocycles. The lowest BCUT2D eigenvalue weighted by Crippen LogP contribution is -1.99. The van der Waals surface area contributed by atoms with E-state index in [9.17, 15) is 12.3 Å². The molecule has 0 bridgehead atoms. The van der Waals surface area contributed by atoms with Crippen molar-refractivity contribution in [2.75, 3.05) is 0 Å². The quantitative estimate of drug-likeness (QED) is 0.697. The average molecular weight is 228 g/mol. The molecule has 2 heterocycles. The van der Waals surface area contributed by atoms with E-state index in [1.165, 1.54) is 17.5 Å². The molecule has 6 heteroatoms. The van der Waals surface area contributed by atoms with Crippen LogP contribution in [0.5, 0.6) is 0 Å². The second-order valence-corrected chi connectivity index (χ2v) is 4.63. The van der Waals surface area contributed by atoms with Gasteiger partial charge >= 0.3 is 10.2 Å². The topological polar surface area (TPSA) is 51.4 Å². The van der Waals surface area contributed by atoms with Crippen LogP contribution in [0.2, 0.25) is 0 Å². The van der Waals surface area contributed by atoms with Crippen LogP contribution >= 0.6 is 0 Å². The van der Waals surface area contributed by atoms with Gasteiger partial charge in [-0.05, 0) is 31.5 Å². The minimum absolute atomic E-state index is 0.170. The molecular weight excluding hydrogens is 219 g/mol. The number of aryl methyl sites for hydroxylation is 2. The lowest BCUT2D eigenvalue weighted by molar-refractivity contribution is 0.545. The molecule has 0 aliphatic carbocycles. The lowest BCUT2D eigenvalue weighted by atomic mass is 10.3. The molecule has 0 atom stereocenters. The van der Waals surface area contributed by atoms with Gasteiger partial charge in [-0.25, -0.2) is 4.98 Å². The Kier molecular flexibility index (Phi) is 2.04. The first-order valence-corrected chi connectivity index (χ1v) is 5.68. The first kappa shape index (κ1) is 10.1. The van der Waals surface area contributed by atoms with Crippen LogP contribution in [0.4, 0.5) is 3.89 Å². The van der Waals surface area contributed by atoms with Crippen LogP contribution in [0.15, 0.2) is 23.4 Å². The first-order valence-electron chi connectivity index (χ1n) is 4.29. The highest BCUT2D eigenvalue weighted by Gasteiger charge is 2.21. The van der Waals surface area contributed by atoms with Crippen LogP contribution in [0, 0.1) is 13.8 Å². The summed E-state index contributed by atoms with van der Waals surface area (Å²) < 4.78 is 36.0. The predicted molar refractivity (Wildman–Crippen MR) is 53.0 cm³/mol. The van der Waals surface area contributed by atoms with Crippen molar-refractivity contribution in [1.29, 1.82) is 0 Å². The Morgan fingerprint density at radius 3 is 2.67 bits per heavy atom. The van der Waals surface area contributed by atoms with E-state index >= 15 is 0 Å². The second-order valence-electron chi connectivity index (χ2n) is 3.37. The maximum absolute atomic E-state index is 13.0. The van der Waals surface area contributed by atoms with E-state index in [1.54, 1.807) is 12.1 Å². The van der Waals surface area contributed by atoms with Gasteiger partial charge in [-0.2, -0.15) is 8.42 Å². The molecule has 0 saturated heterocycles. The third-order valence-corrected chi connectivity index (χ3v) is 3.09. The normalized spacial score (nSPS) is 12.2. The van der Waals surface area contributed by atoms with E-state index in [4.69, 9.17) is 0 Å². The molecule has 0 N–H and O–H groups in total. The monoisotopic (exact) mass is 228 g/mol. The van der Waals surface area contributed by atoms with Gasteiger partial charge in [-0.15, -0.1) is 0 Å². The highest BCUT2D eigenvalue weighted by Crippen LogP contribution is 2.19. The van der Waals surface area contributed by atoms with Crippen LogP contribution in [0.3, 0.4) is 0 Å². The highest BCUT2D eigenvalue weighted by atomic mass is 32.3. The van der Waals surface area contributed by atoms with Gasteiger partial charge in [0, 0.05) is 6.20 Å². The zero-order valence-corrected chi connectivity index (χ0v) is 9.05. The highest BCUT2D eigenvalue weighted by molar-refractivity contribution is 7.86. The fraction of sp³-hybridized carbons (Fsp3) is 0.222. The SMILES string of the molecule is Cc1ccn2c(S(=O)(=O)F)c(C)nc2c1. The summed E-state index contributed by atoms with van der Waals surface area (Å²) in [7, 11) is -4.73. The summed E-state index contributed by atoms with van der Waals surface area (Å²) in [5, 5.41) is -0.391. The van der Waals surface area contributed by atoms with Crippen LogP contribution < -0.4 is 0 Å². The molecule has 0 amide bonds. The van der Waals surface area contributed by atoms with E-state index < -0.39 is 15.2 Å². The number of fused-ring (bicyclic) bond motifs is 1. The van der Waals surface area contributed by atoms with Gasteiger partial charge in [-0.3, -0.25) is 4.40 Å². The third kappa shape index (κ3) is 1.61. The van der Waals surface area contributed by atoms with Crippen molar-refractivity contribution in [3.63, 3.8) is 0 Å². The van der Waals surface area contributed by atoms with Crippen LogP contribution in [0.1, 0.15) is 11.3 Å². The Labute approximate surface area is 86.6 Å². The molecule has 2 aromatic heterocycles. The molecule has 4 nitrogen and oxygen atoms in total. The van der Waals surface area contributed by atoms with Gasteiger partial charge in [-0.1, -0.05) is 3.89 Å². The van der Waals surface area contributed by atoms with E-state index in [-0.39, 0.29) is 5.69 Å². The molecule has 2 rings (SSSR count). The second kappa shape index (κ2) is 3.03. The number of rotatable bonds is 1. The van der Waals surface area contributed by atoms with Crippen LogP contribution in [0.25, 0.3) is 5.65 Å². The van der Waals surface area contributed by atoms with E-state index in [2.05, 4.69) is 4.98 Å². The molecule has 0 unspecified atom stereocenters. The molecule has 0 saturated carbocycles. The van der Waals surface area contributed by atoms with Crippen molar-refractivity contribution >= 4 is 15.9 Å². The van der Waals surface area contributed by atoms with Gasteiger partial charge in [0.25, 0.3) is 0 Å². The minimum atomic E-state index is -4.73. The van der Waals surface area contributed by atoms with Crippen LogP contribution in [-0.4, -0.2) is 17.8 Å². The van der Waals surface area contributed by atoms with Gasteiger partial charge in [0.1, 0.15) is 5.65 Å². The molecule has 0 radical (unpaired) electrons. The van der Waals surface area contributed by atoms with Gasteiger partial charge in [0.05, 0.1) is 5.69 Å². The summed E-state index contributed by atoms with van der Waals surface area (Å²) in [6.45, 7) is 3.32. The van der Waals surface area contributed by atoms with Crippen molar-refractivity contribution in [2.24, 2.45) is 0 Å². The molecule has 0 spiro atoms. The number of aromatic nitrogens is 2. The standard InChI is InChI=1S/C9H9FN2O2S/c1-6-3-4-12-8(5-6)11-7(2)9(12)15(10,13)14/h3-5H,1-2H3. The number of imidazole rings is 1. The first-order chi connectivity index (χ1) is 6.89. The van der Waals surface area contributed by atoms with E-state index in [0.29, 0.717) is 5.65 Å². The van der Waals surface area contributed by atoms with Crippen molar-refractivity contribution in [3.05, 3.63) is 29.6 Å². The molecule has 80 valence electrons. The summed E-state index contributed by atoms with van der Waals surface area (Å²) in [6.07, 6.45) is 1.50. The Morgan fingerprint density at radius 1 is 1.40 bits per heavy atom. The van der Waals surface area contributed by atoms with Crippen molar-refractivity contribution in [1.82, 2.24) is 9.38 Å². The van der Waals surface area contributed by atoms with Gasteiger partial charge in [0.2, 0.25) is 0 Å². The summed E-state index contributed by atoms with van der Waals surface area (Å²) in [5.41, 5.74) is 1.54. The Hall–Kier alpha value is -1.43. The maximum atomic E-state index is 13.0. The lowest BCUT2D eigenvalue weighted by Gasteiger charge is -1.98. The largest absolute Gasteiger partial charge is 0.350 e.